The van der Waals surface area contributed by atoms with Crippen molar-refractivity contribution in [2.45, 2.75) is 51.0 Å². The van der Waals surface area contributed by atoms with Crippen LogP contribution >= 0.6 is 0 Å². The summed E-state index contributed by atoms with van der Waals surface area (Å²) in [6.07, 6.45) is 6.06. The standard InChI is InChI=1S/C5H12O.C4H9.Li/c1-2-3-4-5-6;1-3-4-2;/h6H,2-5H2,1H3;1,3-4H2,2H3;. The number of unbranched alkanes of at least 4 members (excludes halogenated alkanes) is 3. The van der Waals surface area contributed by atoms with Crippen LogP contribution in [0.1, 0.15) is 46.0 Å². The predicted molar refractivity (Wildman–Crippen MR) is 52.1 cm³/mol. The van der Waals surface area contributed by atoms with Crippen molar-refractivity contribution in [1.29, 1.82) is 0 Å². The molecular weight excluding hydrogens is 131 g/mol. The Bertz CT molecular complexity index is 42.8. The van der Waals surface area contributed by atoms with Gasteiger partial charge in [0.15, 0.2) is 0 Å². The first-order chi connectivity index (χ1) is 5.33. The van der Waals surface area contributed by atoms with E-state index in [0.717, 1.165) is 12.8 Å². The van der Waals surface area contributed by atoms with E-state index in [9.17, 15) is 0 Å². The van der Waals surface area contributed by atoms with Crippen LogP contribution in [-0.4, -0.2) is 29.4 Å². The van der Waals surface area contributed by atoms with Gasteiger partial charge in [-0.25, -0.2) is 0 Å². The van der Waals surface area contributed by atoms with Crippen molar-refractivity contribution >= 4 is 17.7 Å². The molecule has 0 rings (SSSR count). The fourth-order valence-corrected chi connectivity index (χ4v) is 0.715. The van der Waals surface area contributed by atoms with Crippen molar-refractivity contribution in [3.05, 3.63) is 0 Å². The van der Waals surface area contributed by atoms with Crippen LogP contribution in [0.15, 0.2) is 0 Å². The monoisotopic (exact) mass is 152 g/mol. The Morgan fingerprint density at radius 3 is 1.64 bits per heavy atom. The van der Waals surface area contributed by atoms with Crippen molar-refractivity contribution in [1.82, 2.24) is 0 Å². The molecule has 11 heavy (non-hydrogen) atoms. The zero-order chi connectivity index (χ0) is 8.95. The molecule has 0 aliphatic carbocycles. The van der Waals surface area contributed by atoms with E-state index in [1.54, 1.807) is 0 Å². The molecule has 0 aliphatic rings. The summed E-state index contributed by atoms with van der Waals surface area (Å²) in [5.74, 6) is 0. The van der Waals surface area contributed by atoms with Gasteiger partial charge in [0.1, 0.15) is 0 Å². The number of hydrogen-bond donors (Lipinski definition) is 1. The molecule has 0 aliphatic heterocycles. The van der Waals surface area contributed by atoms with Crippen LogP contribution in [-0.2, 0) is 0 Å². The third kappa shape index (κ3) is 25.0. The first-order valence-corrected chi connectivity index (χ1v) is 4.94. The Balaban J connectivity index is 0. The predicted octanol–water partition coefficient (Wildman–Crippen LogP) is 2.54. The fourth-order valence-electron chi connectivity index (χ4n) is 0.715. The van der Waals surface area contributed by atoms with Crippen LogP contribution in [0, 0.1) is 0 Å². The van der Waals surface area contributed by atoms with Gasteiger partial charge in [0.05, 0.1) is 0 Å². The number of rotatable bonds is 5. The van der Waals surface area contributed by atoms with E-state index in [1.807, 2.05) is 0 Å². The molecular formula is C9H21LiO. The van der Waals surface area contributed by atoms with Crippen molar-refractivity contribution < 1.29 is 5.11 Å². The van der Waals surface area contributed by atoms with Crippen LogP contribution in [0.4, 0.5) is 0 Å². The minimum absolute atomic E-state index is 0.355. The van der Waals surface area contributed by atoms with Crippen LogP contribution in [0.25, 0.3) is 0 Å². The summed E-state index contributed by atoms with van der Waals surface area (Å²) in [5, 5.41) is 9.54. The van der Waals surface area contributed by atoms with Crippen LogP contribution in [0.5, 0.6) is 0 Å². The van der Waals surface area contributed by atoms with E-state index in [4.69, 9.17) is 5.11 Å². The second kappa shape index (κ2) is 16.9. The Labute approximate surface area is 80.8 Å². The SMILES string of the molecule is CCCCCO.[Li][CH2]CCC. The van der Waals surface area contributed by atoms with Gasteiger partial charge in [0.25, 0.3) is 0 Å². The molecule has 0 atom stereocenters. The normalized spacial score (nSPS) is 8.82. The molecule has 2 heteroatoms. The zero-order valence-corrected chi connectivity index (χ0v) is 8.40. The molecule has 0 aromatic heterocycles. The van der Waals surface area contributed by atoms with Crippen molar-refractivity contribution in [2.24, 2.45) is 0 Å². The summed E-state index contributed by atoms with van der Waals surface area (Å²) in [4.78, 5) is 0. The first-order valence-electron chi connectivity index (χ1n) is 4.94. The third-order valence-electron chi connectivity index (χ3n) is 1.47. The van der Waals surface area contributed by atoms with Gasteiger partial charge in [-0.2, -0.15) is 0 Å². The molecule has 1 nitrogen and oxygen atoms in total. The van der Waals surface area contributed by atoms with E-state index in [-0.39, 0.29) is 0 Å². The van der Waals surface area contributed by atoms with Gasteiger partial charge in [-0.05, 0) is 6.42 Å². The molecule has 0 amide bonds. The zero-order valence-electron chi connectivity index (χ0n) is 8.40. The van der Waals surface area contributed by atoms with Crippen molar-refractivity contribution in [3.8, 4) is 0 Å². The summed E-state index contributed by atoms with van der Waals surface area (Å²) < 4.78 is 0. The molecule has 1 N–H and O–H groups in total. The van der Waals surface area contributed by atoms with Crippen LogP contribution in [0.2, 0.25) is 5.09 Å². The number of aliphatic hydroxyl groups excluding tert-OH is 1. The molecule has 0 fully saturated rings. The quantitative estimate of drug-likeness (QED) is 0.474. The summed E-state index contributed by atoms with van der Waals surface area (Å²) in [6.45, 7) is 4.69. The molecule has 0 bridgehead atoms. The van der Waals surface area contributed by atoms with E-state index >= 15 is 0 Å². The fraction of sp³-hybridized carbons (Fsp3) is 1.00. The van der Waals surface area contributed by atoms with E-state index < -0.39 is 0 Å². The van der Waals surface area contributed by atoms with Crippen LogP contribution < -0.4 is 0 Å². The molecule has 0 radical (unpaired) electrons. The molecule has 0 aromatic carbocycles. The second-order valence-corrected chi connectivity index (χ2v) is 2.78. The molecule has 0 spiro atoms. The maximum atomic E-state index is 8.20. The summed E-state index contributed by atoms with van der Waals surface area (Å²) in [7, 11) is 0. The molecule has 0 saturated heterocycles. The molecule has 0 saturated carbocycles. The molecule has 0 heterocycles. The van der Waals surface area contributed by atoms with Crippen molar-refractivity contribution in [3.63, 3.8) is 0 Å². The van der Waals surface area contributed by atoms with Gasteiger partial charge in [0.2, 0.25) is 0 Å². The van der Waals surface area contributed by atoms with E-state index in [1.165, 1.54) is 24.4 Å². The molecule has 64 valence electrons. The summed E-state index contributed by atoms with van der Waals surface area (Å²) in [5.41, 5.74) is 0. The van der Waals surface area contributed by atoms with Gasteiger partial charge in [-0.1, -0.05) is 19.8 Å². The Kier molecular flexibility index (Phi) is 21.6. The maximum absolute atomic E-state index is 8.20. The Hall–Kier alpha value is 0.557. The van der Waals surface area contributed by atoms with Crippen molar-refractivity contribution in [2.75, 3.05) is 6.61 Å². The second-order valence-electron chi connectivity index (χ2n) is 2.78. The van der Waals surface area contributed by atoms with Crippen LogP contribution in [0.3, 0.4) is 0 Å². The Morgan fingerprint density at radius 2 is 1.55 bits per heavy atom. The van der Waals surface area contributed by atoms with Gasteiger partial charge in [-0.3, -0.25) is 0 Å². The van der Waals surface area contributed by atoms with Gasteiger partial charge < -0.3 is 5.11 Å². The number of aliphatic hydroxyl groups is 1. The van der Waals surface area contributed by atoms with E-state index in [2.05, 4.69) is 31.6 Å². The topological polar surface area (TPSA) is 20.2 Å². The van der Waals surface area contributed by atoms with Gasteiger partial charge >= 0.3 is 42.6 Å². The number of hydrogen-bond acceptors (Lipinski definition) is 1. The minimum atomic E-state index is 0.355. The van der Waals surface area contributed by atoms with E-state index in [0.29, 0.717) is 6.61 Å². The average Bonchev–Trinajstić information content (AvgIpc) is 2.04. The third-order valence-corrected chi connectivity index (χ3v) is 1.47. The summed E-state index contributed by atoms with van der Waals surface area (Å²) >= 11 is 2.21. The summed E-state index contributed by atoms with van der Waals surface area (Å²) in [6, 6.07) is 0. The first kappa shape index (κ1) is 14.1. The Morgan fingerprint density at radius 1 is 1.00 bits per heavy atom. The molecule has 0 unspecified atom stereocenters. The van der Waals surface area contributed by atoms with Gasteiger partial charge in [-0.15, -0.1) is 0 Å². The molecule has 0 aromatic rings. The average molecular weight is 152 g/mol. The van der Waals surface area contributed by atoms with Gasteiger partial charge in [0, 0.05) is 6.61 Å².